The van der Waals surface area contributed by atoms with E-state index in [4.69, 9.17) is 0 Å². The molecule has 0 aliphatic carbocycles. The van der Waals surface area contributed by atoms with E-state index >= 15 is 0 Å². The lowest BCUT2D eigenvalue weighted by molar-refractivity contribution is -0.139. The predicted molar refractivity (Wildman–Crippen MR) is 87.9 cm³/mol. The number of carbonyl (C=O) groups excluding carboxylic acids is 1. The zero-order chi connectivity index (χ0) is 17.7. The van der Waals surface area contributed by atoms with Gasteiger partial charge in [-0.25, -0.2) is 8.42 Å². The molecule has 0 fully saturated rings. The third kappa shape index (κ3) is 4.40. The first-order chi connectivity index (χ1) is 11.3. The molecule has 0 aliphatic heterocycles. The number of benzene rings is 2. The van der Waals surface area contributed by atoms with Crippen molar-refractivity contribution in [2.75, 3.05) is 5.32 Å². The first kappa shape index (κ1) is 17.6. The second kappa shape index (κ2) is 7.24. The van der Waals surface area contributed by atoms with Crippen molar-refractivity contribution in [3.8, 4) is 0 Å². The molecule has 2 aromatic carbocycles. The molecule has 2 rings (SSSR count). The Hall–Kier alpha value is -2.71. The van der Waals surface area contributed by atoms with Gasteiger partial charge in [-0.3, -0.25) is 9.59 Å². The van der Waals surface area contributed by atoms with Crippen LogP contribution in [0, 0.1) is 0 Å². The number of sulfonamides is 1. The number of rotatable bonds is 6. The zero-order valence-corrected chi connectivity index (χ0v) is 13.6. The van der Waals surface area contributed by atoms with E-state index in [0.29, 0.717) is 11.3 Å². The minimum Gasteiger partial charge on any atom is -0.480 e. The average Bonchev–Trinajstić information content (AvgIpc) is 2.53. The molecule has 0 saturated carbocycles. The molecular weight excluding hydrogens is 332 g/mol. The van der Waals surface area contributed by atoms with Crippen molar-refractivity contribution in [2.45, 2.75) is 17.9 Å². The van der Waals surface area contributed by atoms with Crippen LogP contribution in [0.2, 0.25) is 0 Å². The summed E-state index contributed by atoms with van der Waals surface area (Å²) in [6.07, 6.45) is 0. The van der Waals surface area contributed by atoms with Crippen molar-refractivity contribution < 1.29 is 23.1 Å². The zero-order valence-electron chi connectivity index (χ0n) is 12.8. The summed E-state index contributed by atoms with van der Waals surface area (Å²) >= 11 is 0. The van der Waals surface area contributed by atoms with Gasteiger partial charge in [0, 0.05) is 12.6 Å². The second-order valence-electron chi connectivity index (χ2n) is 5.01. The monoisotopic (exact) mass is 348 g/mol. The van der Waals surface area contributed by atoms with Crippen molar-refractivity contribution in [3.63, 3.8) is 0 Å². The van der Waals surface area contributed by atoms with Gasteiger partial charge in [0.1, 0.15) is 6.04 Å². The lowest BCUT2D eigenvalue weighted by Crippen LogP contribution is -2.33. The maximum atomic E-state index is 12.4. The highest BCUT2D eigenvalue weighted by molar-refractivity contribution is 7.89. The number of hydrogen-bond acceptors (Lipinski definition) is 4. The quantitative estimate of drug-likeness (QED) is 0.736. The van der Waals surface area contributed by atoms with E-state index in [1.165, 1.54) is 43.3 Å². The Morgan fingerprint density at radius 3 is 2.08 bits per heavy atom. The van der Waals surface area contributed by atoms with Gasteiger partial charge >= 0.3 is 5.97 Å². The van der Waals surface area contributed by atoms with Gasteiger partial charge < -0.3 is 10.4 Å². The molecule has 0 saturated heterocycles. The van der Waals surface area contributed by atoms with E-state index < -0.39 is 22.0 Å². The molecule has 0 unspecified atom stereocenters. The number of amides is 1. The molecule has 0 heterocycles. The standard InChI is InChI=1S/C16H16N2O5S/c1-11(19)17-13-7-9-14(10-8-13)24(22,23)18-15(16(20)21)12-5-3-2-4-6-12/h2-10,15,18H,1H3,(H,17,19)(H,20,21)/t15-/m0/s1. The van der Waals surface area contributed by atoms with Gasteiger partial charge in [-0.2, -0.15) is 4.72 Å². The molecule has 8 heteroatoms. The van der Waals surface area contributed by atoms with E-state index in [9.17, 15) is 23.1 Å². The Morgan fingerprint density at radius 2 is 1.58 bits per heavy atom. The second-order valence-corrected chi connectivity index (χ2v) is 6.72. The van der Waals surface area contributed by atoms with Gasteiger partial charge in [-0.15, -0.1) is 0 Å². The summed E-state index contributed by atoms with van der Waals surface area (Å²) in [4.78, 5) is 22.3. The molecule has 3 N–H and O–H groups in total. The molecule has 1 atom stereocenters. The van der Waals surface area contributed by atoms with E-state index in [2.05, 4.69) is 10.0 Å². The van der Waals surface area contributed by atoms with Gasteiger partial charge in [0.15, 0.2) is 0 Å². The minimum absolute atomic E-state index is 0.0983. The number of carbonyl (C=O) groups is 2. The van der Waals surface area contributed by atoms with Crippen LogP contribution in [0.3, 0.4) is 0 Å². The van der Waals surface area contributed by atoms with Crippen LogP contribution in [0.25, 0.3) is 0 Å². The van der Waals surface area contributed by atoms with Crippen LogP contribution in [0.5, 0.6) is 0 Å². The topological polar surface area (TPSA) is 113 Å². The van der Waals surface area contributed by atoms with Crippen molar-refractivity contribution in [2.24, 2.45) is 0 Å². The largest absolute Gasteiger partial charge is 0.480 e. The van der Waals surface area contributed by atoms with E-state index in [0.717, 1.165) is 0 Å². The summed E-state index contributed by atoms with van der Waals surface area (Å²) in [7, 11) is -4.04. The number of carboxylic acid groups (broad SMARTS) is 1. The summed E-state index contributed by atoms with van der Waals surface area (Å²) in [5.41, 5.74) is 0.766. The Kier molecular flexibility index (Phi) is 5.32. The summed E-state index contributed by atoms with van der Waals surface area (Å²) in [6.45, 7) is 1.34. The Bertz CT molecular complexity index is 833. The highest BCUT2D eigenvalue weighted by Gasteiger charge is 2.26. The molecule has 0 aliphatic rings. The van der Waals surface area contributed by atoms with Crippen LogP contribution in [-0.2, 0) is 19.6 Å². The van der Waals surface area contributed by atoms with Crippen LogP contribution in [0.4, 0.5) is 5.69 Å². The van der Waals surface area contributed by atoms with Crippen LogP contribution < -0.4 is 10.0 Å². The van der Waals surface area contributed by atoms with E-state index in [-0.39, 0.29) is 10.8 Å². The van der Waals surface area contributed by atoms with Crippen LogP contribution >= 0.6 is 0 Å². The van der Waals surface area contributed by atoms with Crippen LogP contribution in [0.1, 0.15) is 18.5 Å². The molecule has 0 bridgehead atoms. The Morgan fingerprint density at radius 1 is 1.00 bits per heavy atom. The van der Waals surface area contributed by atoms with Gasteiger partial charge in [-0.05, 0) is 29.8 Å². The number of nitrogens with one attached hydrogen (secondary N) is 2. The summed E-state index contributed by atoms with van der Waals surface area (Å²) in [5, 5.41) is 11.8. The van der Waals surface area contributed by atoms with Crippen molar-refractivity contribution in [1.29, 1.82) is 0 Å². The predicted octanol–water partition coefficient (Wildman–Crippen LogP) is 1.75. The first-order valence-electron chi connectivity index (χ1n) is 6.97. The Labute approximate surface area is 139 Å². The highest BCUT2D eigenvalue weighted by atomic mass is 32.2. The van der Waals surface area contributed by atoms with Crippen molar-refractivity contribution in [3.05, 3.63) is 60.2 Å². The van der Waals surface area contributed by atoms with Crippen LogP contribution in [0.15, 0.2) is 59.5 Å². The lowest BCUT2D eigenvalue weighted by atomic mass is 10.1. The van der Waals surface area contributed by atoms with E-state index in [1.54, 1.807) is 18.2 Å². The summed E-state index contributed by atoms with van der Waals surface area (Å²) in [5.74, 6) is -1.58. The highest BCUT2D eigenvalue weighted by Crippen LogP contribution is 2.19. The fraction of sp³-hybridized carbons (Fsp3) is 0.125. The molecular formula is C16H16N2O5S. The normalized spacial score (nSPS) is 12.4. The number of carboxylic acids is 1. The molecule has 0 spiro atoms. The van der Waals surface area contributed by atoms with Crippen molar-refractivity contribution in [1.82, 2.24) is 4.72 Å². The third-order valence-corrected chi connectivity index (χ3v) is 4.58. The fourth-order valence-electron chi connectivity index (χ4n) is 2.05. The molecule has 2 aromatic rings. The Balaban J connectivity index is 2.26. The van der Waals surface area contributed by atoms with Crippen LogP contribution in [-0.4, -0.2) is 25.4 Å². The van der Waals surface area contributed by atoms with E-state index in [1.807, 2.05) is 0 Å². The molecule has 0 aromatic heterocycles. The smallest absolute Gasteiger partial charge is 0.326 e. The molecule has 1 amide bonds. The molecule has 126 valence electrons. The summed E-state index contributed by atoms with van der Waals surface area (Å²) in [6, 6.07) is 12.0. The summed E-state index contributed by atoms with van der Waals surface area (Å²) < 4.78 is 27.0. The number of hydrogen-bond donors (Lipinski definition) is 3. The number of aliphatic carboxylic acids is 1. The fourth-order valence-corrected chi connectivity index (χ4v) is 3.23. The lowest BCUT2D eigenvalue weighted by Gasteiger charge is -2.15. The third-order valence-electron chi connectivity index (χ3n) is 3.14. The maximum absolute atomic E-state index is 12.4. The number of anilines is 1. The van der Waals surface area contributed by atoms with Gasteiger partial charge in [0.25, 0.3) is 0 Å². The first-order valence-corrected chi connectivity index (χ1v) is 8.45. The van der Waals surface area contributed by atoms with Gasteiger partial charge in [-0.1, -0.05) is 30.3 Å². The van der Waals surface area contributed by atoms with Gasteiger partial charge in [0.2, 0.25) is 15.9 Å². The molecule has 0 radical (unpaired) electrons. The molecule has 7 nitrogen and oxygen atoms in total. The minimum atomic E-state index is -4.04. The molecule has 24 heavy (non-hydrogen) atoms. The SMILES string of the molecule is CC(=O)Nc1ccc(S(=O)(=O)N[C@H](C(=O)O)c2ccccc2)cc1. The van der Waals surface area contributed by atoms with Gasteiger partial charge in [0.05, 0.1) is 4.90 Å². The van der Waals surface area contributed by atoms with Crippen molar-refractivity contribution >= 4 is 27.6 Å². The maximum Gasteiger partial charge on any atom is 0.326 e. The average molecular weight is 348 g/mol.